The van der Waals surface area contributed by atoms with Gasteiger partial charge in [0.05, 0.1) is 15.8 Å². The zero-order valence-corrected chi connectivity index (χ0v) is 39.3. The molecule has 0 aliphatic carbocycles. The van der Waals surface area contributed by atoms with Gasteiger partial charge in [0.25, 0.3) is 0 Å². The average molecular weight is 984 g/mol. The minimum Gasteiger partial charge on any atom is -0.0620 e. The van der Waals surface area contributed by atoms with Gasteiger partial charge < -0.3 is 5.11 Å². The van der Waals surface area contributed by atoms with Crippen molar-refractivity contribution < 1.29 is 47.4 Å². The molecule has 8 rings (SSSR count). The number of benzene rings is 6. The zero-order valence-electron chi connectivity index (χ0n) is 35.5. The molecule has 0 fully saturated rings. The Kier molecular flexibility index (Phi) is 20.2. The van der Waals surface area contributed by atoms with Gasteiger partial charge in [-0.2, -0.15) is 0 Å². The second-order valence-electron chi connectivity index (χ2n) is 14.6. The summed E-state index contributed by atoms with van der Waals surface area (Å²) in [4.78, 5) is 12.5. The van der Waals surface area contributed by atoms with Crippen LogP contribution in [0, 0.1) is 0 Å². The predicted molar refractivity (Wildman–Crippen MR) is 256 cm³/mol. The predicted octanol–water partition coefficient (Wildman–Crippen LogP) is 11.3. The van der Waals surface area contributed by atoms with E-state index in [0.717, 1.165) is 5.82 Å². The molecule has 16 heteroatoms. The third-order valence-corrected chi connectivity index (χ3v) is 13.8. The molecule has 6 nitrogen and oxygen atoms in total. The van der Waals surface area contributed by atoms with Crippen LogP contribution < -0.4 is 31.8 Å². The van der Waals surface area contributed by atoms with E-state index in [1.54, 1.807) is 25.4 Å². The minimum atomic E-state index is -10.7. The molecule has 64 heavy (non-hydrogen) atoms. The van der Waals surface area contributed by atoms with Crippen LogP contribution in [0.2, 0.25) is 0 Å². The maximum absolute atomic E-state index is 10.7. The van der Waals surface area contributed by atoms with Gasteiger partial charge in [-0.25, -0.2) is 15.0 Å². The molecule has 6 aromatic carbocycles. The second-order valence-corrected chi connectivity index (χ2v) is 21.4. The number of aromatic nitrogens is 5. The van der Waals surface area contributed by atoms with Crippen molar-refractivity contribution in [2.24, 2.45) is 0 Å². The molecule has 0 spiro atoms. The first-order valence-electron chi connectivity index (χ1n) is 19.8. The van der Waals surface area contributed by atoms with Crippen molar-refractivity contribution in [3.8, 4) is 11.6 Å². The average Bonchev–Trinajstić information content (AvgIpc) is 3.79. The topological polar surface area (TPSA) is 87.6 Å². The van der Waals surface area contributed by atoms with Gasteiger partial charge in [0.2, 0.25) is 5.82 Å². The zero-order chi connectivity index (χ0) is 45.8. The van der Waals surface area contributed by atoms with E-state index in [2.05, 4.69) is 228 Å². The molecule has 8 aromatic rings. The van der Waals surface area contributed by atoms with Crippen molar-refractivity contribution in [3.05, 3.63) is 206 Å². The first-order chi connectivity index (χ1) is 29.8. The van der Waals surface area contributed by atoms with E-state index in [9.17, 15) is 25.2 Å². The number of nitrogens with one attached hydrogen (secondary N) is 1. The largest absolute Gasteiger partial charge is 1.00 e. The summed E-state index contributed by atoms with van der Waals surface area (Å²) in [5.41, 5.74) is -0.0416. The monoisotopic (exact) mass is 983 g/mol. The van der Waals surface area contributed by atoms with Gasteiger partial charge in [-0.3, -0.25) is 5.10 Å². The molecular formula is C48H51CuF6N5OP3+2. The molecule has 0 atom stereocenters. The molecule has 0 unspecified atom stereocenters. The van der Waals surface area contributed by atoms with Crippen LogP contribution in [0.3, 0.4) is 0 Å². The quantitative estimate of drug-likeness (QED) is 0.0944. The third kappa shape index (κ3) is 20.2. The number of halogens is 6. The molecule has 0 aliphatic rings. The number of hydrogen-bond acceptors (Lipinski definition) is 5. The summed E-state index contributed by atoms with van der Waals surface area (Å²) >= 11 is 0. The summed E-state index contributed by atoms with van der Waals surface area (Å²) in [6.45, 7) is 8.15. The van der Waals surface area contributed by atoms with Crippen LogP contribution in [0.5, 0.6) is 0 Å². The summed E-state index contributed by atoms with van der Waals surface area (Å²) in [5.74, 6) is 1.93. The van der Waals surface area contributed by atoms with E-state index in [0.29, 0.717) is 11.6 Å². The van der Waals surface area contributed by atoms with E-state index in [1.165, 1.54) is 31.8 Å². The van der Waals surface area contributed by atoms with Gasteiger partial charge in [-0.05, 0) is 85.8 Å². The van der Waals surface area contributed by atoms with Crippen molar-refractivity contribution >= 4 is 55.5 Å². The van der Waals surface area contributed by atoms with Crippen LogP contribution in [0.25, 0.3) is 11.6 Å². The number of H-pyrrole nitrogens is 1. The second kappa shape index (κ2) is 24.3. The molecule has 2 aromatic heterocycles. The van der Waals surface area contributed by atoms with Crippen LogP contribution in [-0.4, -0.2) is 36.9 Å². The fourth-order valence-corrected chi connectivity index (χ4v) is 10.9. The van der Waals surface area contributed by atoms with Crippen LogP contribution in [0.4, 0.5) is 25.2 Å². The SMILES string of the molecule is CC(C)(C)c1nc(-c2ncccn2)n[nH]1.CCO.F[P-](F)(F)(F)(F)F.[Cu+].c1ccc([PH+](c2ccccc2)c2ccccc2)cc1.c1ccc([PH+](c2ccccc2)c2ccccc2)cc1. The number of hydrogen-bond donors (Lipinski definition) is 2. The fraction of sp³-hybridized carbons (Fsp3) is 0.125. The van der Waals surface area contributed by atoms with Gasteiger partial charge in [-0.1, -0.05) is 130 Å². The van der Waals surface area contributed by atoms with Crippen molar-refractivity contribution in [3.63, 3.8) is 0 Å². The Labute approximate surface area is 383 Å². The standard InChI is InChI=1S/2C18H15P.C10H13N5.C2H6O.Cu.F6P/c2*1-4-10-16(11-5-1)19(17-12-6-2-7-13-17)18-14-8-3-9-15-18;1-10(2,3)9-13-8(14-15-9)7-11-5-4-6-12-7;1-2-3;;1-7(2,3,4,5)6/h2*1-15H;4-6H,1-3H3,(H,13,14,15);3H,2H2,1H3;;/q;;;;+1;-1/p+2. The fourth-order valence-electron chi connectivity index (χ4n) is 5.74. The summed E-state index contributed by atoms with van der Waals surface area (Å²) < 4.78 is 59.2. The van der Waals surface area contributed by atoms with Crippen LogP contribution in [0.15, 0.2) is 200 Å². The number of aliphatic hydroxyl groups is 1. The molecular weight excluding hydrogens is 933 g/mol. The Morgan fingerprint density at radius 2 is 0.703 bits per heavy atom. The molecule has 2 N–H and O–H groups in total. The van der Waals surface area contributed by atoms with Crippen molar-refractivity contribution in [2.45, 2.75) is 33.1 Å². The van der Waals surface area contributed by atoms with Gasteiger partial charge in [0.1, 0.15) is 37.7 Å². The minimum absolute atomic E-state index is 0. The van der Waals surface area contributed by atoms with Crippen molar-refractivity contribution in [1.29, 1.82) is 0 Å². The van der Waals surface area contributed by atoms with Gasteiger partial charge in [0.15, 0.2) is 5.82 Å². The smallest absolute Gasteiger partial charge is 0.0620 e. The Hall–Kier alpha value is -5.11. The van der Waals surface area contributed by atoms with E-state index in [4.69, 9.17) is 5.11 Å². The first kappa shape index (κ1) is 53.2. The van der Waals surface area contributed by atoms with Crippen LogP contribution >= 0.6 is 23.7 Å². The molecule has 0 saturated carbocycles. The molecule has 0 radical (unpaired) electrons. The summed E-state index contributed by atoms with van der Waals surface area (Å²) in [6.07, 6.45) is 3.35. The summed E-state index contributed by atoms with van der Waals surface area (Å²) in [5, 5.41) is 23.2. The van der Waals surface area contributed by atoms with E-state index in [-0.39, 0.29) is 29.1 Å². The number of aliphatic hydroxyl groups excluding tert-OH is 1. The van der Waals surface area contributed by atoms with Crippen LogP contribution in [0.1, 0.15) is 33.5 Å². The van der Waals surface area contributed by atoms with E-state index >= 15 is 0 Å². The van der Waals surface area contributed by atoms with Gasteiger partial charge in [0, 0.05) is 24.4 Å². The van der Waals surface area contributed by atoms with E-state index in [1.807, 2.05) is 0 Å². The molecule has 0 aliphatic heterocycles. The maximum Gasteiger partial charge on any atom is 1.00 e. The van der Waals surface area contributed by atoms with E-state index < -0.39 is 23.7 Å². The number of aromatic amines is 1. The molecule has 2 heterocycles. The first-order valence-corrected chi connectivity index (χ1v) is 24.8. The normalized spacial score (nSPS) is 11.8. The Balaban J connectivity index is 0.000000231. The van der Waals surface area contributed by atoms with Gasteiger partial charge in [-0.15, -0.1) is 5.10 Å². The Morgan fingerprint density at radius 1 is 0.469 bits per heavy atom. The number of rotatable bonds is 7. The van der Waals surface area contributed by atoms with Crippen molar-refractivity contribution in [2.75, 3.05) is 6.61 Å². The van der Waals surface area contributed by atoms with Crippen LogP contribution in [-0.2, 0) is 22.5 Å². The molecule has 0 saturated heterocycles. The van der Waals surface area contributed by atoms with Gasteiger partial charge >= 0.3 is 50.1 Å². The maximum atomic E-state index is 9.87. The Morgan fingerprint density at radius 3 is 0.906 bits per heavy atom. The summed E-state index contributed by atoms with van der Waals surface area (Å²) in [7, 11) is -12.4. The summed E-state index contributed by atoms with van der Waals surface area (Å²) in [6, 6.07) is 66.8. The third-order valence-electron chi connectivity index (χ3n) is 8.34. The Bertz CT molecular complexity index is 2160. The van der Waals surface area contributed by atoms with Crippen molar-refractivity contribution in [1.82, 2.24) is 25.1 Å². The molecule has 340 valence electrons. The molecule has 0 bridgehead atoms. The number of nitrogens with zero attached hydrogens (tertiary/aromatic N) is 4. The molecule has 0 amide bonds.